The van der Waals surface area contributed by atoms with E-state index in [2.05, 4.69) is 28.2 Å². The number of rotatable bonds is 2. The Bertz CT molecular complexity index is 384. The van der Waals surface area contributed by atoms with Crippen LogP contribution in [0.2, 0.25) is 0 Å². The van der Waals surface area contributed by atoms with Crippen LogP contribution in [0.5, 0.6) is 0 Å². The molecular weight excluding hydrogens is 281 g/mol. The van der Waals surface area contributed by atoms with E-state index in [0.717, 1.165) is 17.4 Å². The number of benzene rings is 1. The van der Waals surface area contributed by atoms with Gasteiger partial charge in [-0.25, -0.2) is 4.39 Å². The SMILES string of the molecule is CC1(Cc2ccc(F)cc2Br)CCCCCN1. The van der Waals surface area contributed by atoms with Gasteiger partial charge in [-0.05, 0) is 50.4 Å². The van der Waals surface area contributed by atoms with Crippen molar-refractivity contribution in [3.05, 3.63) is 34.1 Å². The third kappa shape index (κ3) is 3.52. The molecule has 0 radical (unpaired) electrons. The van der Waals surface area contributed by atoms with E-state index in [9.17, 15) is 4.39 Å². The molecule has 1 N–H and O–H groups in total. The number of hydrogen-bond donors (Lipinski definition) is 1. The Morgan fingerprint density at radius 1 is 1.35 bits per heavy atom. The molecule has 0 spiro atoms. The molecule has 1 aromatic carbocycles. The summed E-state index contributed by atoms with van der Waals surface area (Å²) in [5.74, 6) is -0.181. The van der Waals surface area contributed by atoms with Crippen molar-refractivity contribution >= 4 is 15.9 Å². The predicted octanol–water partition coefficient (Wildman–Crippen LogP) is 4.05. The summed E-state index contributed by atoms with van der Waals surface area (Å²) in [7, 11) is 0. The molecule has 0 amide bonds. The van der Waals surface area contributed by atoms with Gasteiger partial charge in [0.25, 0.3) is 0 Å². The van der Waals surface area contributed by atoms with E-state index in [-0.39, 0.29) is 11.4 Å². The number of nitrogens with one attached hydrogen (secondary N) is 1. The zero-order valence-electron chi connectivity index (χ0n) is 10.2. The highest BCUT2D eigenvalue weighted by Gasteiger charge is 2.26. The predicted molar refractivity (Wildman–Crippen MR) is 72.7 cm³/mol. The summed E-state index contributed by atoms with van der Waals surface area (Å²) in [6.45, 7) is 3.36. The molecule has 1 aromatic rings. The van der Waals surface area contributed by atoms with Crippen LogP contribution < -0.4 is 5.32 Å². The zero-order valence-corrected chi connectivity index (χ0v) is 11.8. The summed E-state index contributed by atoms with van der Waals surface area (Å²) in [5.41, 5.74) is 1.33. The van der Waals surface area contributed by atoms with Crippen LogP contribution >= 0.6 is 15.9 Å². The summed E-state index contributed by atoms with van der Waals surface area (Å²) in [6.07, 6.45) is 6.00. The third-order valence-electron chi connectivity index (χ3n) is 3.55. The molecular formula is C14H19BrFN. The van der Waals surface area contributed by atoms with Crippen molar-refractivity contribution in [1.29, 1.82) is 0 Å². The number of halogens is 2. The van der Waals surface area contributed by atoms with Crippen LogP contribution in [0.15, 0.2) is 22.7 Å². The van der Waals surface area contributed by atoms with E-state index >= 15 is 0 Å². The highest BCUT2D eigenvalue weighted by molar-refractivity contribution is 9.10. The van der Waals surface area contributed by atoms with Gasteiger partial charge in [0.1, 0.15) is 5.82 Å². The average Bonchev–Trinajstić information content (AvgIpc) is 2.48. The van der Waals surface area contributed by atoms with Crippen molar-refractivity contribution in [2.45, 2.75) is 44.6 Å². The summed E-state index contributed by atoms with van der Waals surface area (Å²) < 4.78 is 13.9. The minimum absolute atomic E-state index is 0.150. The van der Waals surface area contributed by atoms with Crippen molar-refractivity contribution in [2.75, 3.05) is 6.54 Å². The van der Waals surface area contributed by atoms with E-state index in [1.54, 1.807) is 12.1 Å². The minimum atomic E-state index is -0.181. The van der Waals surface area contributed by atoms with Gasteiger partial charge in [-0.3, -0.25) is 0 Å². The lowest BCUT2D eigenvalue weighted by atomic mass is 9.88. The molecule has 2 rings (SSSR count). The fourth-order valence-corrected chi connectivity index (χ4v) is 3.02. The van der Waals surface area contributed by atoms with Crippen LogP contribution in [-0.4, -0.2) is 12.1 Å². The molecule has 0 saturated carbocycles. The molecule has 17 heavy (non-hydrogen) atoms. The van der Waals surface area contributed by atoms with E-state index in [1.165, 1.54) is 31.2 Å². The van der Waals surface area contributed by atoms with Gasteiger partial charge in [-0.15, -0.1) is 0 Å². The Morgan fingerprint density at radius 2 is 2.18 bits per heavy atom. The summed E-state index contributed by atoms with van der Waals surface area (Å²) in [4.78, 5) is 0. The fourth-order valence-electron chi connectivity index (χ4n) is 2.53. The Labute approximate surface area is 111 Å². The van der Waals surface area contributed by atoms with Crippen LogP contribution in [0.4, 0.5) is 4.39 Å². The molecule has 1 aliphatic rings. The molecule has 94 valence electrons. The Balaban J connectivity index is 2.12. The van der Waals surface area contributed by atoms with Gasteiger partial charge in [-0.1, -0.05) is 34.8 Å². The van der Waals surface area contributed by atoms with Crippen molar-refractivity contribution < 1.29 is 4.39 Å². The van der Waals surface area contributed by atoms with E-state index in [4.69, 9.17) is 0 Å². The van der Waals surface area contributed by atoms with Crippen LogP contribution in [0.3, 0.4) is 0 Å². The molecule has 0 aromatic heterocycles. The van der Waals surface area contributed by atoms with E-state index < -0.39 is 0 Å². The normalized spacial score (nSPS) is 25.6. The second-order valence-corrected chi connectivity index (χ2v) is 6.06. The van der Waals surface area contributed by atoms with Gasteiger partial charge >= 0.3 is 0 Å². The highest BCUT2D eigenvalue weighted by Crippen LogP contribution is 2.27. The van der Waals surface area contributed by atoms with Gasteiger partial charge in [0.15, 0.2) is 0 Å². The standard InChI is InChI=1S/C14H19BrFN/c1-14(7-3-2-4-8-17-14)10-11-5-6-12(16)9-13(11)15/h5-6,9,17H,2-4,7-8,10H2,1H3. The quantitative estimate of drug-likeness (QED) is 0.868. The maximum atomic E-state index is 13.0. The van der Waals surface area contributed by atoms with E-state index in [1.807, 2.05) is 6.07 Å². The highest BCUT2D eigenvalue weighted by atomic mass is 79.9. The Morgan fingerprint density at radius 3 is 2.94 bits per heavy atom. The summed E-state index contributed by atoms with van der Waals surface area (Å²) in [6, 6.07) is 4.98. The van der Waals surface area contributed by atoms with Crippen LogP contribution in [-0.2, 0) is 6.42 Å². The molecule has 0 aliphatic carbocycles. The van der Waals surface area contributed by atoms with Gasteiger partial charge < -0.3 is 5.32 Å². The molecule has 1 saturated heterocycles. The fraction of sp³-hybridized carbons (Fsp3) is 0.571. The second-order valence-electron chi connectivity index (χ2n) is 5.21. The van der Waals surface area contributed by atoms with Gasteiger partial charge in [-0.2, -0.15) is 0 Å². The molecule has 3 heteroatoms. The lowest BCUT2D eigenvalue weighted by molar-refractivity contribution is 0.345. The van der Waals surface area contributed by atoms with Crippen LogP contribution in [0, 0.1) is 5.82 Å². The molecule has 1 aliphatic heterocycles. The average molecular weight is 300 g/mol. The maximum absolute atomic E-state index is 13.0. The molecule has 0 bridgehead atoms. The monoisotopic (exact) mass is 299 g/mol. The summed E-state index contributed by atoms with van der Waals surface area (Å²) in [5, 5.41) is 3.63. The van der Waals surface area contributed by atoms with Gasteiger partial charge in [0.05, 0.1) is 0 Å². The summed E-state index contributed by atoms with van der Waals surface area (Å²) >= 11 is 3.45. The largest absolute Gasteiger partial charge is 0.311 e. The van der Waals surface area contributed by atoms with Gasteiger partial charge in [0.2, 0.25) is 0 Å². The molecule has 1 atom stereocenters. The Kier molecular flexibility index (Phi) is 4.21. The molecule has 1 nitrogen and oxygen atoms in total. The van der Waals surface area contributed by atoms with Crippen molar-refractivity contribution in [3.8, 4) is 0 Å². The van der Waals surface area contributed by atoms with E-state index in [0.29, 0.717) is 0 Å². The first kappa shape index (κ1) is 13.0. The third-order valence-corrected chi connectivity index (χ3v) is 4.29. The Hall–Kier alpha value is -0.410. The number of hydrogen-bond acceptors (Lipinski definition) is 1. The molecule has 1 fully saturated rings. The minimum Gasteiger partial charge on any atom is -0.311 e. The zero-order chi connectivity index (χ0) is 12.3. The topological polar surface area (TPSA) is 12.0 Å². The van der Waals surface area contributed by atoms with Crippen molar-refractivity contribution in [2.24, 2.45) is 0 Å². The van der Waals surface area contributed by atoms with Crippen molar-refractivity contribution in [1.82, 2.24) is 5.32 Å². The van der Waals surface area contributed by atoms with Crippen molar-refractivity contribution in [3.63, 3.8) is 0 Å². The first-order chi connectivity index (χ1) is 8.09. The first-order valence-electron chi connectivity index (χ1n) is 6.28. The van der Waals surface area contributed by atoms with Gasteiger partial charge in [0, 0.05) is 10.0 Å². The first-order valence-corrected chi connectivity index (χ1v) is 7.07. The van der Waals surface area contributed by atoms with Crippen LogP contribution in [0.1, 0.15) is 38.2 Å². The second kappa shape index (κ2) is 5.49. The molecule has 1 heterocycles. The molecule has 1 unspecified atom stereocenters. The lowest BCUT2D eigenvalue weighted by Gasteiger charge is -2.30. The van der Waals surface area contributed by atoms with Crippen LogP contribution in [0.25, 0.3) is 0 Å². The lowest BCUT2D eigenvalue weighted by Crippen LogP contribution is -2.43. The smallest absolute Gasteiger partial charge is 0.124 e. The maximum Gasteiger partial charge on any atom is 0.124 e.